The van der Waals surface area contributed by atoms with Crippen LogP contribution >= 0.6 is 0 Å². The monoisotopic (exact) mass is 242 g/mol. The first-order valence-electron chi connectivity index (χ1n) is 6.25. The van der Waals surface area contributed by atoms with Gasteiger partial charge < -0.3 is 10.1 Å². The third kappa shape index (κ3) is 4.09. The van der Waals surface area contributed by atoms with Crippen LogP contribution in [0.15, 0.2) is 0 Å². The molecule has 17 heavy (non-hydrogen) atoms. The second kappa shape index (κ2) is 6.71. The van der Waals surface area contributed by atoms with Crippen molar-refractivity contribution in [2.45, 2.75) is 45.8 Å². The predicted molar refractivity (Wildman–Crippen MR) is 64.5 cm³/mol. The highest BCUT2D eigenvalue weighted by Crippen LogP contribution is 2.13. The van der Waals surface area contributed by atoms with E-state index >= 15 is 0 Å². The van der Waals surface area contributed by atoms with Gasteiger partial charge in [-0.1, -0.05) is 6.92 Å². The summed E-state index contributed by atoms with van der Waals surface area (Å²) in [5.41, 5.74) is 0. The summed E-state index contributed by atoms with van der Waals surface area (Å²) < 4.78 is 5.37. The number of carbonyl (C=O) groups excluding carboxylic acids is 2. The van der Waals surface area contributed by atoms with Crippen LogP contribution in [0.4, 0.5) is 0 Å². The maximum absolute atomic E-state index is 11.8. The second-order valence-electron chi connectivity index (χ2n) is 4.51. The predicted octanol–water partition coefficient (Wildman–Crippen LogP) is 0.538. The van der Waals surface area contributed by atoms with Crippen molar-refractivity contribution >= 4 is 11.8 Å². The van der Waals surface area contributed by atoms with E-state index in [2.05, 4.69) is 5.32 Å². The quantitative estimate of drug-likeness (QED) is 0.523. The summed E-state index contributed by atoms with van der Waals surface area (Å²) in [5, 5.41) is 3.07. The number of hydrogen-bond acceptors (Lipinski definition) is 4. The third-order valence-electron chi connectivity index (χ3n) is 2.64. The summed E-state index contributed by atoms with van der Waals surface area (Å²) in [7, 11) is 0. The van der Waals surface area contributed by atoms with Gasteiger partial charge in [0.15, 0.2) is 0 Å². The van der Waals surface area contributed by atoms with Crippen LogP contribution < -0.4 is 5.32 Å². The molecule has 1 N–H and O–H groups in total. The molecule has 0 aromatic carbocycles. The van der Waals surface area contributed by atoms with Gasteiger partial charge in [0.25, 0.3) is 0 Å². The van der Waals surface area contributed by atoms with Crippen molar-refractivity contribution in [3.8, 4) is 0 Å². The average molecular weight is 242 g/mol. The van der Waals surface area contributed by atoms with E-state index in [1.54, 1.807) is 0 Å². The number of nitrogens with zero attached hydrogens (tertiary/aromatic N) is 1. The number of nitrogens with one attached hydrogen (secondary N) is 1. The number of carbonyl (C=O) groups is 2. The van der Waals surface area contributed by atoms with Crippen molar-refractivity contribution in [1.82, 2.24) is 10.2 Å². The van der Waals surface area contributed by atoms with Crippen molar-refractivity contribution in [1.29, 1.82) is 0 Å². The molecule has 0 radical (unpaired) electrons. The molecule has 5 heteroatoms. The van der Waals surface area contributed by atoms with E-state index in [4.69, 9.17) is 4.74 Å². The lowest BCUT2D eigenvalue weighted by molar-refractivity contribution is -0.138. The second-order valence-corrected chi connectivity index (χ2v) is 4.51. The molecule has 0 aliphatic carbocycles. The summed E-state index contributed by atoms with van der Waals surface area (Å²) in [6.07, 6.45) is 1.27. The fourth-order valence-corrected chi connectivity index (χ4v) is 1.83. The number of hydrogen-bond donors (Lipinski definition) is 1. The molecule has 0 bridgehead atoms. The lowest BCUT2D eigenvalue weighted by Gasteiger charge is -2.14. The fraction of sp³-hybridized carbons (Fsp3) is 0.833. The molecule has 1 aliphatic rings. The van der Waals surface area contributed by atoms with Gasteiger partial charge in [0, 0.05) is 13.1 Å². The van der Waals surface area contributed by atoms with Crippen molar-refractivity contribution < 1.29 is 14.3 Å². The van der Waals surface area contributed by atoms with E-state index in [0.717, 1.165) is 6.42 Å². The zero-order valence-electron chi connectivity index (χ0n) is 10.9. The van der Waals surface area contributed by atoms with E-state index in [1.165, 1.54) is 4.90 Å². The maximum atomic E-state index is 11.8. The van der Waals surface area contributed by atoms with Crippen LogP contribution in [-0.2, 0) is 14.3 Å². The van der Waals surface area contributed by atoms with Gasteiger partial charge in [-0.3, -0.25) is 14.5 Å². The minimum Gasteiger partial charge on any atom is -0.377 e. The molecule has 5 nitrogen and oxygen atoms in total. The van der Waals surface area contributed by atoms with E-state index in [1.807, 2.05) is 20.8 Å². The summed E-state index contributed by atoms with van der Waals surface area (Å²) in [6, 6.07) is -0.357. The van der Waals surface area contributed by atoms with Crippen molar-refractivity contribution in [2.24, 2.45) is 0 Å². The SMILES string of the molecule is CCCN1C(=O)CC(NCCOC(C)C)C1=O. The highest BCUT2D eigenvalue weighted by Gasteiger charge is 2.37. The summed E-state index contributed by atoms with van der Waals surface area (Å²) in [6.45, 7) is 7.57. The van der Waals surface area contributed by atoms with Crippen molar-refractivity contribution in [2.75, 3.05) is 19.7 Å². The first-order valence-corrected chi connectivity index (χ1v) is 6.25. The molecule has 1 saturated heterocycles. The molecule has 0 aromatic rings. The fourth-order valence-electron chi connectivity index (χ4n) is 1.83. The molecule has 1 aliphatic heterocycles. The Morgan fingerprint density at radius 2 is 2.18 bits per heavy atom. The van der Waals surface area contributed by atoms with Gasteiger partial charge in [0.1, 0.15) is 0 Å². The van der Waals surface area contributed by atoms with E-state index < -0.39 is 0 Å². The first kappa shape index (κ1) is 14.1. The van der Waals surface area contributed by atoms with Gasteiger partial charge >= 0.3 is 0 Å². The molecule has 1 heterocycles. The Morgan fingerprint density at radius 3 is 2.76 bits per heavy atom. The third-order valence-corrected chi connectivity index (χ3v) is 2.64. The number of rotatable bonds is 7. The van der Waals surface area contributed by atoms with Gasteiger partial charge in [0.05, 0.1) is 25.2 Å². The number of likely N-dealkylation sites (tertiary alicyclic amines) is 1. The van der Waals surface area contributed by atoms with Gasteiger partial charge in [-0.2, -0.15) is 0 Å². The molecule has 0 aromatic heterocycles. The molecule has 1 unspecified atom stereocenters. The lowest BCUT2D eigenvalue weighted by Crippen LogP contribution is -2.40. The van der Waals surface area contributed by atoms with Crippen LogP contribution in [0, 0.1) is 0 Å². The van der Waals surface area contributed by atoms with E-state index in [-0.39, 0.29) is 30.4 Å². The van der Waals surface area contributed by atoms with Crippen LogP contribution in [-0.4, -0.2) is 48.6 Å². The van der Waals surface area contributed by atoms with Gasteiger partial charge in [-0.25, -0.2) is 0 Å². The number of imide groups is 1. The van der Waals surface area contributed by atoms with Crippen LogP contribution in [0.5, 0.6) is 0 Å². The molecule has 98 valence electrons. The zero-order valence-corrected chi connectivity index (χ0v) is 10.9. The summed E-state index contributed by atoms with van der Waals surface area (Å²) in [4.78, 5) is 24.7. The Bertz CT molecular complexity index is 279. The normalized spacial score (nSPS) is 20.7. The smallest absolute Gasteiger partial charge is 0.246 e. The van der Waals surface area contributed by atoms with Crippen LogP contribution in [0.25, 0.3) is 0 Å². The van der Waals surface area contributed by atoms with Crippen LogP contribution in [0.3, 0.4) is 0 Å². The molecular weight excluding hydrogens is 220 g/mol. The van der Waals surface area contributed by atoms with Crippen molar-refractivity contribution in [3.05, 3.63) is 0 Å². The summed E-state index contributed by atoms with van der Waals surface area (Å²) in [5.74, 6) is -0.166. The standard InChI is InChI=1S/C12H22N2O3/c1-4-6-14-11(15)8-10(12(14)16)13-5-7-17-9(2)3/h9-10,13H,4-8H2,1-3H3. The Hall–Kier alpha value is -0.940. The minimum absolute atomic E-state index is 0.0703. The van der Waals surface area contributed by atoms with Gasteiger partial charge in [-0.15, -0.1) is 0 Å². The molecule has 2 amide bonds. The molecular formula is C12H22N2O3. The highest BCUT2D eigenvalue weighted by molar-refractivity contribution is 6.05. The Morgan fingerprint density at radius 1 is 1.47 bits per heavy atom. The Balaban J connectivity index is 2.31. The molecule has 1 atom stereocenters. The van der Waals surface area contributed by atoms with Crippen LogP contribution in [0.2, 0.25) is 0 Å². The first-order chi connectivity index (χ1) is 8.06. The molecule has 1 rings (SSSR count). The Labute approximate surface area is 102 Å². The summed E-state index contributed by atoms with van der Waals surface area (Å²) >= 11 is 0. The minimum atomic E-state index is -0.357. The molecule has 0 saturated carbocycles. The van der Waals surface area contributed by atoms with Crippen LogP contribution in [0.1, 0.15) is 33.6 Å². The van der Waals surface area contributed by atoms with Gasteiger partial charge in [0.2, 0.25) is 11.8 Å². The highest BCUT2D eigenvalue weighted by atomic mass is 16.5. The zero-order chi connectivity index (χ0) is 12.8. The number of amides is 2. The van der Waals surface area contributed by atoms with Crippen molar-refractivity contribution in [3.63, 3.8) is 0 Å². The molecule has 0 spiro atoms. The lowest BCUT2D eigenvalue weighted by atomic mass is 10.2. The van der Waals surface area contributed by atoms with E-state index in [0.29, 0.717) is 19.7 Å². The topological polar surface area (TPSA) is 58.6 Å². The Kier molecular flexibility index (Phi) is 5.58. The van der Waals surface area contributed by atoms with Gasteiger partial charge in [-0.05, 0) is 20.3 Å². The number of ether oxygens (including phenoxy) is 1. The maximum Gasteiger partial charge on any atom is 0.246 e. The average Bonchev–Trinajstić information content (AvgIpc) is 2.52. The van der Waals surface area contributed by atoms with E-state index in [9.17, 15) is 9.59 Å². The largest absolute Gasteiger partial charge is 0.377 e. The molecule has 1 fully saturated rings.